The number of thiophene rings is 1. The first-order chi connectivity index (χ1) is 21.0. The quantitative estimate of drug-likeness (QED) is 0.220. The summed E-state index contributed by atoms with van der Waals surface area (Å²) in [6.45, 7) is 7.56. The molecule has 6 rings (SSSR count). The number of nitrogens with two attached hydrogens (primary N) is 1. The second kappa shape index (κ2) is 10.9. The lowest BCUT2D eigenvalue weighted by atomic mass is 9.99. The molecule has 1 amide bonds. The minimum absolute atomic E-state index is 0.212. The Labute approximate surface area is 255 Å². The van der Waals surface area contributed by atoms with Gasteiger partial charge < -0.3 is 14.9 Å². The molecule has 0 aliphatic carbocycles. The summed E-state index contributed by atoms with van der Waals surface area (Å²) in [6.07, 6.45) is 0.850. The Morgan fingerprint density at radius 1 is 1.11 bits per heavy atom. The van der Waals surface area contributed by atoms with Gasteiger partial charge >= 0.3 is 6.09 Å². The van der Waals surface area contributed by atoms with Crippen molar-refractivity contribution in [3.05, 3.63) is 88.8 Å². The molecule has 0 spiro atoms. The number of benzene rings is 2. The van der Waals surface area contributed by atoms with E-state index in [1.165, 1.54) is 36.9 Å². The van der Waals surface area contributed by atoms with Gasteiger partial charge in [-0.15, -0.1) is 11.3 Å². The first-order valence-electron chi connectivity index (χ1n) is 13.8. The first kappa shape index (κ1) is 29.0. The Morgan fingerprint density at radius 3 is 2.61 bits per heavy atom. The van der Waals surface area contributed by atoms with E-state index in [0.29, 0.717) is 43.1 Å². The van der Waals surface area contributed by atoms with Crippen LogP contribution in [-0.4, -0.2) is 38.5 Å². The number of fused-ring (bicyclic) bond motifs is 2. The van der Waals surface area contributed by atoms with Gasteiger partial charge in [0.2, 0.25) is 5.43 Å². The molecular formula is C32H29FN6O4S. The zero-order valence-corrected chi connectivity index (χ0v) is 25.5. The van der Waals surface area contributed by atoms with E-state index in [4.69, 9.17) is 20.0 Å². The van der Waals surface area contributed by atoms with Crippen molar-refractivity contribution in [1.82, 2.24) is 19.7 Å². The predicted molar refractivity (Wildman–Crippen MR) is 169 cm³/mol. The highest BCUT2D eigenvalue weighted by Crippen LogP contribution is 2.41. The monoisotopic (exact) mass is 612 g/mol. The molecule has 2 aromatic carbocycles. The smallest absolute Gasteiger partial charge is 0.415 e. The molecule has 0 fully saturated rings. The third kappa shape index (κ3) is 4.86. The number of methoxy groups -OCH3 is 1. The van der Waals surface area contributed by atoms with Gasteiger partial charge in [0.05, 0.1) is 28.3 Å². The van der Waals surface area contributed by atoms with Crippen molar-refractivity contribution in [2.45, 2.75) is 39.3 Å². The second-order valence-electron chi connectivity index (χ2n) is 11.2. The van der Waals surface area contributed by atoms with E-state index in [1.54, 1.807) is 46.0 Å². The lowest BCUT2D eigenvalue weighted by Gasteiger charge is -2.32. The molecule has 0 aliphatic heterocycles. The molecule has 0 radical (unpaired) electrons. The van der Waals surface area contributed by atoms with Crippen LogP contribution in [0.1, 0.15) is 39.5 Å². The van der Waals surface area contributed by atoms with Gasteiger partial charge in [0.1, 0.15) is 46.0 Å². The number of hydrogen-bond donors (Lipinski definition) is 1. The van der Waals surface area contributed by atoms with E-state index in [-0.39, 0.29) is 22.6 Å². The number of aromatic nitrogens is 4. The molecule has 1 unspecified atom stereocenters. The van der Waals surface area contributed by atoms with Gasteiger partial charge in [-0.25, -0.2) is 23.8 Å². The molecule has 0 saturated carbocycles. The van der Waals surface area contributed by atoms with Crippen LogP contribution in [0.2, 0.25) is 0 Å². The largest absolute Gasteiger partial charge is 0.458 e. The average molecular weight is 613 g/mol. The fraction of sp³-hybridized carbons (Fsp3) is 0.219. The number of nitrogens with zero attached hydrogens (tertiary/aromatic N) is 5. The summed E-state index contributed by atoms with van der Waals surface area (Å²) in [5.74, 6) is 0.0130. The highest BCUT2D eigenvalue weighted by molar-refractivity contribution is 7.19. The van der Waals surface area contributed by atoms with Crippen LogP contribution in [0, 0.1) is 5.82 Å². The number of carbonyl (C=O) groups excluding carboxylic acids is 1. The molecule has 4 heterocycles. The van der Waals surface area contributed by atoms with E-state index in [1.807, 2.05) is 39.8 Å². The third-order valence-electron chi connectivity index (χ3n) is 7.28. The van der Waals surface area contributed by atoms with Crippen LogP contribution >= 0.6 is 11.3 Å². The SMILES string of the molecule is COC(=O)N(c1ccc(-c2nn(C(C)c3oc4ccccc4c(=O)c3-c3cccc(F)c3)c3ncnc(N)c23)s1)C(C)(C)C. The number of nitrogen functional groups attached to an aromatic ring is 1. The maximum Gasteiger partial charge on any atom is 0.415 e. The summed E-state index contributed by atoms with van der Waals surface area (Å²) in [7, 11) is 1.34. The van der Waals surface area contributed by atoms with Crippen molar-refractivity contribution in [3.8, 4) is 21.7 Å². The molecular weight excluding hydrogens is 583 g/mol. The van der Waals surface area contributed by atoms with Crippen LogP contribution in [0.3, 0.4) is 0 Å². The Hall–Kier alpha value is -5.10. The van der Waals surface area contributed by atoms with Crippen molar-refractivity contribution in [3.63, 3.8) is 0 Å². The number of rotatable bonds is 5. The summed E-state index contributed by atoms with van der Waals surface area (Å²) in [5.41, 5.74) is 7.43. The topological polar surface area (TPSA) is 129 Å². The number of hydrogen-bond acceptors (Lipinski definition) is 9. The summed E-state index contributed by atoms with van der Waals surface area (Å²) >= 11 is 1.34. The van der Waals surface area contributed by atoms with E-state index < -0.39 is 23.5 Å². The standard InChI is InChI=1S/C32H29FN6O4S/c1-17(28-24(18-9-8-10-19(33)15-18)27(40)20-11-6-7-12-21(20)43-28)39-30-25(29(34)35-16-36-30)26(37-39)22-13-14-23(44-22)38(31(41)42-5)32(2,3)4/h6-17H,1-5H3,(H2,34,35,36). The number of carbonyl (C=O) groups is 1. The van der Waals surface area contributed by atoms with Gasteiger partial charge in [0, 0.05) is 5.54 Å². The van der Waals surface area contributed by atoms with Gasteiger partial charge in [0.25, 0.3) is 0 Å². The van der Waals surface area contributed by atoms with Gasteiger partial charge in [-0.2, -0.15) is 5.10 Å². The number of amides is 1. The number of para-hydroxylation sites is 1. The Morgan fingerprint density at radius 2 is 1.89 bits per heavy atom. The van der Waals surface area contributed by atoms with E-state index in [2.05, 4.69) is 9.97 Å². The van der Waals surface area contributed by atoms with E-state index in [9.17, 15) is 14.0 Å². The highest BCUT2D eigenvalue weighted by Gasteiger charge is 2.32. The van der Waals surface area contributed by atoms with Crippen molar-refractivity contribution in [1.29, 1.82) is 0 Å². The van der Waals surface area contributed by atoms with Crippen LogP contribution in [0.5, 0.6) is 0 Å². The lowest BCUT2D eigenvalue weighted by molar-refractivity contribution is 0.173. The fourth-order valence-electron chi connectivity index (χ4n) is 5.28. The summed E-state index contributed by atoms with van der Waals surface area (Å²) < 4.78 is 27.4. The zero-order chi connectivity index (χ0) is 31.3. The number of ether oxygens (including phenoxy) is 1. The Balaban J connectivity index is 1.56. The van der Waals surface area contributed by atoms with Gasteiger partial charge in [-0.3, -0.25) is 9.69 Å². The highest BCUT2D eigenvalue weighted by atomic mass is 32.1. The summed E-state index contributed by atoms with van der Waals surface area (Å²) in [6, 6.07) is 15.7. The molecule has 6 aromatic rings. The molecule has 4 aromatic heterocycles. The molecule has 1 atom stereocenters. The Bertz CT molecular complexity index is 2110. The molecule has 10 nitrogen and oxygen atoms in total. The zero-order valence-electron chi connectivity index (χ0n) is 24.7. The number of halogens is 1. The number of anilines is 2. The van der Waals surface area contributed by atoms with Crippen LogP contribution in [0.25, 0.3) is 43.7 Å². The summed E-state index contributed by atoms with van der Waals surface area (Å²) in [5, 5.41) is 6.46. The lowest BCUT2D eigenvalue weighted by Crippen LogP contribution is -2.45. The third-order valence-corrected chi connectivity index (χ3v) is 8.35. The molecule has 12 heteroatoms. The van der Waals surface area contributed by atoms with Crippen LogP contribution in [-0.2, 0) is 4.74 Å². The first-order valence-corrected chi connectivity index (χ1v) is 14.6. The van der Waals surface area contributed by atoms with Gasteiger partial charge in [-0.1, -0.05) is 24.3 Å². The Kier molecular flexibility index (Phi) is 7.16. The van der Waals surface area contributed by atoms with Crippen LogP contribution in [0.4, 0.5) is 20.0 Å². The minimum Gasteiger partial charge on any atom is -0.458 e. The summed E-state index contributed by atoms with van der Waals surface area (Å²) in [4.78, 5) is 37.6. The fourth-order valence-corrected chi connectivity index (χ4v) is 6.46. The van der Waals surface area contributed by atoms with Crippen molar-refractivity contribution >= 4 is 50.3 Å². The second-order valence-corrected chi connectivity index (χ2v) is 12.3. The maximum atomic E-state index is 14.4. The van der Waals surface area contributed by atoms with Crippen molar-refractivity contribution < 1.29 is 18.3 Å². The molecule has 0 bridgehead atoms. The molecule has 44 heavy (non-hydrogen) atoms. The van der Waals surface area contributed by atoms with Gasteiger partial charge in [0.15, 0.2) is 5.65 Å². The van der Waals surface area contributed by atoms with Crippen molar-refractivity contribution in [2.75, 3.05) is 17.7 Å². The molecule has 224 valence electrons. The van der Waals surface area contributed by atoms with E-state index >= 15 is 0 Å². The van der Waals surface area contributed by atoms with Crippen molar-refractivity contribution in [2.24, 2.45) is 0 Å². The van der Waals surface area contributed by atoms with Crippen LogP contribution < -0.4 is 16.1 Å². The molecule has 0 aliphatic rings. The van der Waals surface area contributed by atoms with Gasteiger partial charge in [-0.05, 0) is 69.7 Å². The maximum absolute atomic E-state index is 14.4. The minimum atomic E-state index is -0.684. The normalized spacial score (nSPS) is 12.5. The molecule has 2 N–H and O–H groups in total. The molecule has 0 saturated heterocycles. The predicted octanol–water partition coefficient (Wildman–Crippen LogP) is 7.03. The van der Waals surface area contributed by atoms with E-state index in [0.717, 1.165) is 0 Å². The van der Waals surface area contributed by atoms with Crippen LogP contribution in [0.15, 0.2) is 76.2 Å². The average Bonchev–Trinajstić information content (AvgIpc) is 3.62.